The van der Waals surface area contributed by atoms with Crippen molar-refractivity contribution < 1.29 is 10.2 Å². The molecule has 0 bridgehead atoms. The van der Waals surface area contributed by atoms with Crippen molar-refractivity contribution in [1.82, 2.24) is 0 Å². The molecule has 1 aromatic carbocycles. The molecule has 0 spiro atoms. The smallest absolute Gasteiger partial charge is 0.124 e. The van der Waals surface area contributed by atoms with Gasteiger partial charge in [-0.3, -0.25) is 4.99 Å². The lowest BCUT2D eigenvalue weighted by Crippen LogP contribution is -2.21. The topological polar surface area (TPSA) is 52.8 Å². The molecule has 3 nitrogen and oxygen atoms in total. The zero-order valence-electron chi connectivity index (χ0n) is 8.74. The number of aliphatic hydroxyl groups is 1. The number of aliphatic hydroxyl groups excluding tert-OH is 1. The molecule has 0 aliphatic rings. The van der Waals surface area contributed by atoms with Gasteiger partial charge in [-0.15, -0.1) is 0 Å². The van der Waals surface area contributed by atoms with Gasteiger partial charge in [0.05, 0.1) is 12.1 Å². The molecule has 1 rings (SSSR count). The molecule has 0 amide bonds. The maximum atomic E-state index is 9.55. The van der Waals surface area contributed by atoms with E-state index < -0.39 is 5.54 Å². The highest BCUT2D eigenvalue weighted by atomic mass is 127. The molecule has 0 unspecified atom stereocenters. The maximum absolute atomic E-state index is 9.55. The molecule has 0 heterocycles. The molecule has 0 saturated heterocycles. The molecule has 15 heavy (non-hydrogen) atoms. The van der Waals surface area contributed by atoms with Crippen molar-refractivity contribution in [2.75, 3.05) is 6.61 Å². The third kappa shape index (κ3) is 3.79. The summed E-state index contributed by atoms with van der Waals surface area (Å²) in [5, 5.41) is 18.6. The fourth-order valence-corrected chi connectivity index (χ4v) is 1.43. The van der Waals surface area contributed by atoms with Crippen LogP contribution in [0.2, 0.25) is 0 Å². The largest absolute Gasteiger partial charge is 0.507 e. The number of hydrogen-bond acceptors (Lipinski definition) is 3. The highest BCUT2D eigenvalue weighted by Crippen LogP contribution is 2.18. The highest BCUT2D eigenvalue weighted by molar-refractivity contribution is 14.1. The summed E-state index contributed by atoms with van der Waals surface area (Å²) in [5.74, 6) is 0.202. The number of nitrogens with zero attached hydrogens (tertiary/aromatic N) is 1. The molecular weight excluding hydrogens is 305 g/mol. The fraction of sp³-hybridized carbons (Fsp3) is 0.364. The molecule has 0 aliphatic carbocycles. The van der Waals surface area contributed by atoms with Gasteiger partial charge >= 0.3 is 0 Å². The standard InChI is InChI=1S/C11H14INO2/c1-11(2,7-14)13-6-8-5-9(12)3-4-10(8)15/h3-6,14-15H,7H2,1-2H3. The van der Waals surface area contributed by atoms with Gasteiger partial charge in [0.25, 0.3) is 0 Å². The Bertz CT molecular complexity index is 375. The molecule has 0 aliphatic heterocycles. The Hall–Kier alpha value is -0.620. The first-order valence-electron chi connectivity index (χ1n) is 4.59. The number of benzene rings is 1. The van der Waals surface area contributed by atoms with Crippen LogP contribution in [-0.2, 0) is 0 Å². The highest BCUT2D eigenvalue weighted by Gasteiger charge is 2.12. The molecular formula is C11H14INO2. The molecule has 0 fully saturated rings. The SMILES string of the molecule is CC(C)(CO)N=Cc1cc(I)ccc1O. The van der Waals surface area contributed by atoms with Crippen molar-refractivity contribution in [2.45, 2.75) is 19.4 Å². The first-order chi connectivity index (χ1) is 6.94. The summed E-state index contributed by atoms with van der Waals surface area (Å²) in [7, 11) is 0. The number of phenols is 1. The third-order valence-electron chi connectivity index (χ3n) is 1.93. The van der Waals surface area contributed by atoms with Crippen LogP contribution in [0.25, 0.3) is 0 Å². The zero-order valence-corrected chi connectivity index (χ0v) is 10.9. The number of rotatable bonds is 3. The van der Waals surface area contributed by atoms with E-state index in [0.29, 0.717) is 5.56 Å². The van der Waals surface area contributed by atoms with Crippen molar-refractivity contribution in [1.29, 1.82) is 0 Å². The Kier molecular flexibility index (Phi) is 4.10. The Morgan fingerprint density at radius 1 is 1.47 bits per heavy atom. The van der Waals surface area contributed by atoms with Crippen LogP contribution < -0.4 is 0 Å². The minimum atomic E-state index is -0.506. The van der Waals surface area contributed by atoms with Crippen molar-refractivity contribution in [2.24, 2.45) is 4.99 Å². The number of halogens is 1. The number of phenolic OH excluding ortho intramolecular Hbond substituents is 1. The summed E-state index contributed by atoms with van der Waals surface area (Å²) in [4.78, 5) is 4.21. The van der Waals surface area contributed by atoms with Gasteiger partial charge in [-0.25, -0.2) is 0 Å². The van der Waals surface area contributed by atoms with Gasteiger partial charge in [0.1, 0.15) is 5.75 Å². The van der Waals surface area contributed by atoms with Gasteiger partial charge in [0.2, 0.25) is 0 Å². The van der Waals surface area contributed by atoms with E-state index in [1.165, 1.54) is 0 Å². The molecule has 2 N–H and O–H groups in total. The normalized spacial score (nSPS) is 12.3. The Morgan fingerprint density at radius 3 is 2.73 bits per heavy atom. The molecule has 0 atom stereocenters. The Balaban J connectivity index is 2.94. The van der Waals surface area contributed by atoms with Crippen LogP contribution in [0.15, 0.2) is 23.2 Å². The summed E-state index contributed by atoms with van der Waals surface area (Å²) < 4.78 is 1.04. The first-order valence-corrected chi connectivity index (χ1v) is 5.67. The first kappa shape index (κ1) is 12.4. The second-order valence-electron chi connectivity index (χ2n) is 3.93. The summed E-state index contributed by atoms with van der Waals surface area (Å²) in [5.41, 5.74) is 0.164. The molecule has 1 aromatic rings. The predicted octanol–water partition coefficient (Wildman–Crippen LogP) is 2.19. The van der Waals surface area contributed by atoms with Crippen LogP contribution in [0.3, 0.4) is 0 Å². The quantitative estimate of drug-likeness (QED) is 0.663. The molecule has 0 saturated carbocycles. The average Bonchev–Trinajstić information content (AvgIpc) is 2.20. The molecule has 0 aromatic heterocycles. The second-order valence-corrected chi connectivity index (χ2v) is 5.18. The van der Waals surface area contributed by atoms with Crippen molar-refractivity contribution in [3.63, 3.8) is 0 Å². The van der Waals surface area contributed by atoms with Crippen molar-refractivity contribution >= 4 is 28.8 Å². The minimum absolute atomic E-state index is 0.0197. The van der Waals surface area contributed by atoms with Gasteiger partial charge in [-0.05, 0) is 54.6 Å². The molecule has 0 radical (unpaired) electrons. The lowest BCUT2D eigenvalue weighted by atomic mass is 10.1. The van der Waals surface area contributed by atoms with Crippen LogP contribution in [0.1, 0.15) is 19.4 Å². The van der Waals surface area contributed by atoms with E-state index in [1.807, 2.05) is 26.0 Å². The van der Waals surface area contributed by atoms with E-state index in [0.717, 1.165) is 3.57 Å². The monoisotopic (exact) mass is 319 g/mol. The van der Waals surface area contributed by atoms with Crippen molar-refractivity contribution in [3.8, 4) is 5.75 Å². The van der Waals surface area contributed by atoms with Gasteiger partial charge in [0.15, 0.2) is 0 Å². The molecule has 4 heteroatoms. The summed E-state index contributed by atoms with van der Waals surface area (Å²) >= 11 is 2.17. The minimum Gasteiger partial charge on any atom is -0.507 e. The lowest BCUT2D eigenvalue weighted by molar-refractivity contribution is 0.223. The van der Waals surface area contributed by atoms with Gasteiger partial charge < -0.3 is 10.2 Å². The van der Waals surface area contributed by atoms with Gasteiger partial charge in [-0.1, -0.05) is 0 Å². The summed E-state index contributed by atoms with van der Waals surface area (Å²) in [6.07, 6.45) is 1.59. The zero-order chi connectivity index (χ0) is 11.5. The van der Waals surface area contributed by atoms with Crippen LogP contribution in [-0.4, -0.2) is 28.6 Å². The summed E-state index contributed by atoms with van der Waals surface area (Å²) in [6, 6.07) is 5.30. The van der Waals surface area contributed by atoms with Crippen LogP contribution in [0, 0.1) is 3.57 Å². The van der Waals surface area contributed by atoms with E-state index in [1.54, 1.807) is 12.3 Å². The van der Waals surface area contributed by atoms with Gasteiger partial charge in [0, 0.05) is 15.3 Å². The van der Waals surface area contributed by atoms with Crippen LogP contribution in [0.5, 0.6) is 5.75 Å². The number of aliphatic imine (C=N–C) groups is 1. The van der Waals surface area contributed by atoms with E-state index in [-0.39, 0.29) is 12.4 Å². The Morgan fingerprint density at radius 2 is 2.13 bits per heavy atom. The van der Waals surface area contributed by atoms with E-state index in [2.05, 4.69) is 27.6 Å². The van der Waals surface area contributed by atoms with Crippen molar-refractivity contribution in [3.05, 3.63) is 27.3 Å². The number of hydrogen-bond donors (Lipinski definition) is 2. The van der Waals surface area contributed by atoms with E-state index in [9.17, 15) is 5.11 Å². The third-order valence-corrected chi connectivity index (χ3v) is 2.60. The maximum Gasteiger partial charge on any atom is 0.124 e. The average molecular weight is 319 g/mol. The van der Waals surface area contributed by atoms with Gasteiger partial charge in [-0.2, -0.15) is 0 Å². The Labute approximate surface area is 103 Å². The fourth-order valence-electron chi connectivity index (χ4n) is 0.914. The van der Waals surface area contributed by atoms with E-state index >= 15 is 0 Å². The van der Waals surface area contributed by atoms with E-state index in [4.69, 9.17) is 5.11 Å². The lowest BCUT2D eigenvalue weighted by Gasteiger charge is -2.15. The summed E-state index contributed by atoms with van der Waals surface area (Å²) in [6.45, 7) is 3.64. The number of aromatic hydroxyl groups is 1. The van der Waals surface area contributed by atoms with Crippen LogP contribution >= 0.6 is 22.6 Å². The predicted molar refractivity (Wildman–Crippen MR) is 69.6 cm³/mol. The second kappa shape index (κ2) is 4.94. The molecule has 82 valence electrons. The van der Waals surface area contributed by atoms with Crippen LogP contribution in [0.4, 0.5) is 0 Å².